The molecule has 0 fully saturated rings. The van der Waals surface area contributed by atoms with Crippen molar-refractivity contribution in [1.29, 1.82) is 0 Å². The third kappa shape index (κ3) is 7.93. The fraction of sp³-hybridized carbons (Fsp3) is 1.00. The van der Waals surface area contributed by atoms with Crippen molar-refractivity contribution in [2.45, 2.75) is 94.1 Å². The van der Waals surface area contributed by atoms with Crippen LogP contribution in [-0.2, 0) is 28.6 Å². The molecule has 7 nitrogen and oxygen atoms in total. The molecule has 0 bridgehead atoms. The zero-order valence-electron chi connectivity index (χ0n) is 20.5. The van der Waals surface area contributed by atoms with Gasteiger partial charge in [0.1, 0.15) is 0 Å². The van der Waals surface area contributed by atoms with E-state index in [-0.39, 0.29) is 6.42 Å². The standard InChI is InChI=1S/C18H29F10O7PS/c1-7-14(6,36(29)30)13(4,5)34-10-12(2,3)33-8-9-37(31,32)15(20,21)11(19)35-18(27,28)16(22,23)17(24,25)26/h11,36H,7-10H2,1-6H3,(H,29,30). The van der Waals surface area contributed by atoms with E-state index in [4.69, 9.17) is 9.47 Å². The number of halogens is 10. The van der Waals surface area contributed by atoms with Gasteiger partial charge in [-0.2, -0.15) is 39.5 Å². The van der Waals surface area contributed by atoms with E-state index in [0.29, 0.717) is 0 Å². The number of alkyl halides is 10. The van der Waals surface area contributed by atoms with E-state index in [1.165, 1.54) is 34.6 Å². The van der Waals surface area contributed by atoms with Gasteiger partial charge in [-0.05, 0) is 41.0 Å². The van der Waals surface area contributed by atoms with Crippen LogP contribution >= 0.6 is 8.03 Å². The van der Waals surface area contributed by atoms with Crippen molar-refractivity contribution >= 4 is 17.9 Å². The summed E-state index contributed by atoms with van der Waals surface area (Å²) in [6.45, 7) is 7.07. The highest BCUT2D eigenvalue weighted by Gasteiger charge is 2.76. The van der Waals surface area contributed by atoms with Gasteiger partial charge in [0.2, 0.25) is 9.84 Å². The summed E-state index contributed by atoms with van der Waals surface area (Å²) >= 11 is 0. The average Bonchev–Trinajstić information content (AvgIpc) is 2.69. The summed E-state index contributed by atoms with van der Waals surface area (Å²) in [6, 6.07) is 0. The van der Waals surface area contributed by atoms with E-state index in [0.717, 1.165) is 0 Å². The maximum Gasteiger partial charge on any atom is 0.462 e. The smallest absolute Gasteiger partial charge is 0.372 e. The zero-order chi connectivity index (χ0) is 30.1. The van der Waals surface area contributed by atoms with Gasteiger partial charge in [0.15, 0.2) is 8.03 Å². The van der Waals surface area contributed by atoms with Crippen molar-refractivity contribution in [2.75, 3.05) is 19.0 Å². The number of sulfone groups is 1. The van der Waals surface area contributed by atoms with Crippen LogP contribution in [0.3, 0.4) is 0 Å². The Kier molecular flexibility index (Phi) is 11.2. The summed E-state index contributed by atoms with van der Waals surface area (Å²) in [5.74, 6) is -8.92. The number of ether oxygens (including phenoxy) is 3. The highest BCUT2D eigenvalue weighted by atomic mass is 32.2. The molecule has 0 aromatic carbocycles. The first-order chi connectivity index (χ1) is 16.0. The van der Waals surface area contributed by atoms with Gasteiger partial charge in [0.25, 0.3) is 6.36 Å². The predicted octanol–water partition coefficient (Wildman–Crippen LogP) is 5.32. The molecular weight excluding hydrogens is 581 g/mol. The molecule has 1 N–H and O–H groups in total. The molecule has 224 valence electrons. The molecule has 0 saturated heterocycles. The lowest BCUT2D eigenvalue weighted by Crippen LogP contribution is -2.56. The average molecular weight is 610 g/mol. The van der Waals surface area contributed by atoms with Crippen LogP contribution in [0.5, 0.6) is 0 Å². The first-order valence-electron chi connectivity index (χ1n) is 10.3. The Morgan fingerprint density at radius 2 is 1.35 bits per heavy atom. The molecule has 0 spiro atoms. The van der Waals surface area contributed by atoms with Crippen molar-refractivity contribution in [3.05, 3.63) is 0 Å². The Bertz CT molecular complexity index is 909. The van der Waals surface area contributed by atoms with Crippen LogP contribution in [0.2, 0.25) is 0 Å². The van der Waals surface area contributed by atoms with Crippen molar-refractivity contribution in [2.24, 2.45) is 0 Å². The quantitative estimate of drug-likeness (QED) is 0.198. The van der Waals surface area contributed by atoms with E-state index in [1.54, 1.807) is 6.92 Å². The molecule has 0 aromatic rings. The molecule has 0 heterocycles. The first-order valence-corrected chi connectivity index (χ1v) is 13.3. The minimum absolute atomic E-state index is 0.212. The Morgan fingerprint density at radius 3 is 1.73 bits per heavy atom. The summed E-state index contributed by atoms with van der Waals surface area (Å²) in [6.07, 6.45) is -18.8. The van der Waals surface area contributed by atoms with Crippen LogP contribution in [0.1, 0.15) is 48.0 Å². The van der Waals surface area contributed by atoms with Gasteiger partial charge < -0.3 is 14.4 Å². The van der Waals surface area contributed by atoms with Gasteiger partial charge in [-0.25, -0.2) is 12.8 Å². The summed E-state index contributed by atoms with van der Waals surface area (Å²) < 4.78 is 178. The van der Waals surface area contributed by atoms with Crippen LogP contribution in [0, 0.1) is 0 Å². The lowest BCUT2D eigenvalue weighted by molar-refractivity contribution is -0.446. The molecular formula is C18H29F10O7PS. The van der Waals surface area contributed by atoms with E-state index in [2.05, 4.69) is 4.74 Å². The van der Waals surface area contributed by atoms with E-state index < -0.39 is 83.0 Å². The second-order valence-electron chi connectivity index (χ2n) is 9.30. The fourth-order valence-electron chi connectivity index (χ4n) is 2.53. The third-order valence-electron chi connectivity index (χ3n) is 5.79. The van der Waals surface area contributed by atoms with Crippen LogP contribution in [-0.4, -0.2) is 78.5 Å². The summed E-state index contributed by atoms with van der Waals surface area (Å²) in [7, 11) is -9.27. The molecule has 0 aliphatic carbocycles. The van der Waals surface area contributed by atoms with Crippen LogP contribution in [0.4, 0.5) is 43.9 Å². The minimum atomic E-state index is -7.12. The monoisotopic (exact) mass is 610 g/mol. The number of hydrogen-bond acceptors (Lipinski definition) is 6. The highest BCUT2D eigenvalue weighted by Crippen LogP contribution is 2.49. The molecule has 0 aliphatic rings. The lowest BCUT2D eigenvalue weighted by Gasteiger charge is -2.43. The Hall–Kier alpha value is -0.680. The molecule has 37 heavy (non-hydrogen) atoms. The summed E-state index contributed by atoms with van der Waals surface area (Å²) in [5.41, 5.74) is -2.70. The molecule has 19 heteroatoms. The predicted molar refractivity (Wildman–Crippen MR) is 111 cm³/mol. The molecule has 0 radical (unpaired) electrons. The maximum absolute atomic E-state index is 13.9. The molecule has 3 unspecified atom stereocenters. The molecule has 0 amide bonds. The first kappa shape index (κ1) is 36.3. The minimum Gasteiger partial charge on any atom is -0.372 e. The van der Waals surface area contributed by atoms with Gasteiger partial charge in [-0.15, -0.1) is 0 Å². The molecule has 0 rings (SSSR count). The Balaban J connectivity index is 5.37. The Labute approximate surface area is 207 Å². The largest absolute Gasteiger partial charge is 0.462 e. The lowest BCUT2D eigenvalue weighted by atomic mass is 9.89. The molecule has 0 aliphatic heterocycles. The van der Waals surface area contributed by atoms with Gasteiger partial charge >= 0.3 is 23.5 Å². The van der Waals surface area contributed by atoms with Crippen molar-refractivity contribution in [3.63, 3.8) is 0 Å². The van der Waals surface area contributed by atoms with Crippen LogP contribution < -0.4 is 0 Å². The molecule has 3 atom stereocenters. The van der Waals surface area contributed by atoms with E-state index >= 15 is 0 Å². The van der Waals surface area contributed by atoms with E-state index in [1.807, 2.05) is 0 Å². The van der Waals surface area contributed by atoms with Crippen LogP contribution in [0.15, 0.2) is 0 Å². The van der Waals surface area contributed by atoms with Crippen LogP contribution in [0.25, 0.3) is 0 Å². The summed E-state index contributed by atoms with van der Waals surface area (Å²) in [5, 5.41) is -7.18. The van der Waals surface area contributed by atoms with E-state index in [9.17, 15) is 61.8 Å². The number of hydrogen-bond donors (Lipinski definition) is 1. The van der Waals surface area contributed by atoms with Gasteiger partial charge in [-0.3, -0.25) is 9.30 Å². The van der Waals surface area contributed by atoms with Gasteiger partial charge in [0.05, 0.1) is 35.3 Å². The normalized spacial score (nSPS) is 18.4. The van der Waals surface area contributed by atoms with Crippen molar-refractivity contribution in [3.8, 4) is 0 Å². The van der Waals surface area contributed by atoms with Crippen molar-refractivity contribution < 1.29 is 76.0 Å². The zero-order valence-corrected chi connectivity index (χ0v) is 22.3. The second kappa shape index (κ2) is 11.4. The molecule has 0 saturated carbocycles. The Morgan fingerprint density at radius 1 is 0.892 bits per heavy atom. The van der Waals surface area contributed by atoms with Gasteiger partial charge in [-0.1, -0.05) is 6.92 Å². The maximum atomic E-state index is 13.9. The van der Waals surface area contributed by atoms with Crippen molar-refractivity contribution in [1.82, 2.24) is 0 Å². The fourth-order valence-corrected chi connectivity index (χ4v) is 4.33. The number of rotatable bonds is 15. The SMILES string of the molecule is CCC(C)([PH](=O)O)C(C)(C)OCC(C)(C)OCCS(=O)(=O)C(F)(F)C(F)OC(F)(F)C(F)(F)C(F)(F)F. The summed E-state index contributed by atoms with van der Waals surface area (Å²) in [4.78, 5) is 9.66. The highest BCUT2D eigenvalue weighted by molar-refractivity contribution is 7.92. The second-order valence-corrected chi connectivity index (χ2v) is 13.2. The molecule has 0 aromatic heterocycles. The van der Waals surface area contributed by atoms with Gasteiger partial charge in [0, 0.05) is 0 Å². The topological polar surface area (TPSA) is 99.1 Å². The third-order valence-corrected chi connectivity index (χ3v) is 9.40.